The first-order valence-corrected chi connectivity index (χ1v) is 3.18. The van der Waals surface area contributed by atoms with Crippen molar-refractivity contribution in [3.63, 3.8) is 0 Å². The Hall–Kier alpha value is 0.180. The van der Waals surface area contributed by atoms with Gasteiger partial charge in [0.1, 0.15) is 6.17 Å². The fourth-order valence-electron chi connectivity index (χ4n) is 1.26. The molecule has 0 heterocycles. The van der Waals surface area contributed by atoms with Crippen LogP contribution in [0.3, 0.4) is 0 Å². The Morgan fingerprint density at radius 1 is 1.44 bits per heavy atom. The molecular weight excluding hydrogens is 141 g/mol. The van der Waals surface area contributed by atoms with Crippen LogP contribution in [-0.4, -0.2) is 12.7 Å². The van der Waals surface area contributed by atoms with E-state index in [1.54, 1.807) is 0 Å². The third-order valence-electron chi connectivity index (χ3n) is 1.87. The third kappa shape index (κ3) is 2.11. The maximum Gasteiger partial charge on any atom is 0.104 e. The first kappa shape index (κ1) is 9.18. The second kappa shape index (κ2) is 4.07. The molecule has 2 N–H and O–H groups in total. The average molecular weight is 154 g/mol. The minimum absolute atomic E-state index is 0. The molecule has 1 aliphatic rings. The normalized spacial score (nSPS) is 34.0. The molecule has 0 aromatic rings. The molecule has 0 bridgehead atoms. The summed E-state index contributed by atoms with van der Waals surface area (Å²) in [4.78, 5) is 0. The highest BCUT2D eigenvalue weighted by Crippen LogP contribution is 2.26. The highest BCUT2D eigenvalue weighted by molar-refractivity contribution is 5.85. The van der Waals surface area contributed by atoms with Crippen LogP contribution in [0.1, 0.15) is 19.3 Å². The van der Waals surface area contributed by atoms with Crippen LogP contribution in [0.2, 0.25) is 0 Å². The highest BCUT2D eigenvalue weighted by Gasteiger charge is 2.24. The van der Waals surface area contributed by atoms with Gasteiger partial charge < -0.3 is 5.73 Å². The number of hydrogen-bond donors (Lipinski definition) is 1. The molecule has 1 aliphatic carbocycles. The Morgan fingerprint density at radius 3 is 2.33 bits per heavy atom. The Morgan fingerprint density at radius 2 is 2.11 bits per heavy atom. The molecule has 1 rings (SSSR count). The van der Waals surface area contributed by atoms with Crippen LogP contribution in [-0.2, 0) is 0 Å². The van der Waals surface area contributed by atoms with Crippen molar-refractivity contribution in [2.24, 2.45) is 11.7 Å². The summed E-state index contributed by atoms with van der Waals surface area (Å²) in [6.45, 7) is 0.529. The largest absolute Gasteiger partial charge is 0.330 e. The summed E-state index contributed by atoms with van der Waals surface area (Å²) in [6, 6.07) is 0. The second-order valence-electron chi connectivity index (χ2n) is 2.44. The minimum atomic E-state index is -0.597. The Balaban J connectivity index is 0.000000640. The van der Waals surface area contributed by atoms with Crippen LogP contribution in [0.25, 0.3) is 0 Å². The summed E-state index contributed by atoms with van der Waals surface area (Å²) >= 11 is 0. The van der Waals surface area contributed by atoms with Crippen molar-refractivity contribution in [2.75, 3.05) is 6.54 Å². The van der Waals surface area contributed by atoms with Crippen molar-refractivity contribution in [3.05, 3.63) is 0 Å². The van der Waals surface area contributed by atoms with Gasteiger partial charge in [-0.1, -0.05) is 6.42 Å². The fraction of sp³-hybridized carbons (Fsp3) is 1.00. The molecule has 1 saturated carbocycles. The van der Waals surface area contributed by atoms with Crippen molar-refractivity contribution in [1.82, 2.24) is 0 Å². The van der Waals surface area contributed by atoms with E-state index in [2.05, 4.69) is 0 Å². The van der Waals surface area contributed by atoms with Crippen molar-refractivity contribution < 1.29 is 4.39 Å². The monoisotopic (exact) mass is 153 g/mol. The summed E-state index contributed by atoms with van der Waals surface area (Å²) in [5.41, 5.74) is 5.28. The van der Waals surface area contributed by atoms with Gasteiger partial charge in [0.25, 0.3) is 0 Å². The summed E-state index contributed by atoms with van der Waals surface area (Å²) < 4.78 is 12.5. The molecule has 3 heteroatoms. The van der Waals surface area contributed by atoms with E-state index in [0.29, 0.717) is 6.54 Å². The predicted octanol–water partition coefficient (Wildman–Crippen LogP) is 1.51. The second-order valence-corrected chi connectivity index (χ2v) is 2.44. The molecule has 1 nitrogen and oxygen atoms in total. The molecule has 9 heavy (non-hydrogen) atoms. The summed E-state index contributed by atoms with van der Waals surface area (Å²) in [5, 5.41) is 0. The number of hydrogen-bond acceptors (Lipinski definition) is 1. The van der Waals surface area contributed by atoms with Crippen LogP contribution in [0.15, 0.2) is 0 Å². The minimum Gasteiger partial charge on any atom is -0.330 e. The fourth-order valence-corrected chi connectivity index (χ4v) is 1.26. The lowest BCUT2D eigenvalue weighted by Gasteiger charge is -2.06. The van der Waals surface area contributed by atoms with Crippen LogP contribution < -0.4 is 5.73 Å². The summed E-state index contributed by atoms with van der Waals surface area (Å²) in [7, 11) is 0. The summed E-state index contributed by atoms with van der Waals surface area (Å²) in [5.74, 6) is 0.176. The molecule has 0 aliphatic heterocycles. The molecule has 0 aromatic carbocycles. The van der Waals surface area contributed by atoms with Crippen molar-refractivity contribution in [1.29, 1.82) is 0 Å². The summed E-state index contributed by atoms with van der Waals surface area (Å²) in [6.07, 6.45) is 2.17. The number of rotatable bonds is 1. The van der Waals surface area contributed by atoms with Crippen molar-refractivity contribution in [2.45, 2.75) is 25.4 Å². The van der Waals surface area contributed by atoms with Crippen molar-refractivity contribution in [3.8, 4) is 0 Å². The molecule has 56 valence electrons. The van der Waals surface area contributed by atoms with Crippen LogP contribution >= 0.6 is 12.4 Å². The third-order valence-corrected chi connectivity index (χ3v) is 1.87. The van der Waals surface area contributed by atoms with Gasteiger partial charge in [-0.15, -0.1) is 12.4 Å². The molecule has 2 unspecified atom stereocenters. The van der Waals surface area contributed by atoms with Gasteiger partial charge in [0.15, 0.2) is 0 Å². The zero-order valence-electron chi connectivity index (χ0n) is 5.35. The molecule has 0 saturated heterocycles. The SMILES string of the molecule is Cl.NCC1CCCC1F. The number of nitrogens with two attached hydrogens (primary N) is 1. The molecular formula is C6H13ClFN. The van der Waals surface area contributed by atoms with Gasteiger partial charge in [-0.05, 0) is 19.4 Å². The Labute approximate surface area is 61.2 Å². The van der Waals surface area contributed by atoms with E-state index in [1.165, 1.54) is 0 Å². The predicted molar refractivity (Wildman–Crippen MR) is 38.5 cm³/mol. The van der Waals surface area contributed by atoms with E-state index in [1.807, 2.05) is 0 Å². The van der Waals surface area contributed by atoms with E-state index in [-0.39, 0.29) is 18.3 Å². The molecule has 0 radical (unpaired) electrons. The van der Waals surface area contributed by atoms with Crippen LogP contribution in [0.4, 0.5) is 4.39 Å². The Kier molecular flexibility index (Phi) is 4.15. The maximum atomic E-state index is 12.5. The number of halogens is 2. The molecule has 0 spiro atoms. The lowest BCUT2D eigenvalue weighted by molar-refractivity contribution is 0.268. The van der Waals surface area contributed by atoms with Gasteiger partial charge in [0, 0.05) is 5.92 Å². The van der Waals surface area contributed by atoms with Gasteiger partial charge in [-0.2, -0.15) is 0 Å². The molecule has 0 aromatic heterocycles. The zero-order chi connectivity index (χ0) is 5.98. The lowest BCUT2D eigenvalue weighted by Crippen LogP contribution is -2.18. The van der Waals surface area contributed by atoms with E-state index < -0.39 is 6.17 Å². The zero-order valence-corrected chi connectivity index (χ0v) is 6.16. The number of alkyl halides is 1. The first-order valence-electron chi connectivity index (χ1n) is 3.18. The van der Waals surface area contributed by atoms with Gasteiger partial charge in [0.05, 0.1) is 0 Å². The maximum absolute atomic E-state index is 12.5. The quantitative estimate of drug-likeness (QED) is 0.607. The van der Waals surface area contributed by atoms with Crippen LogP contribution in [0.5, 0.6) is 0 Å². The van der Waals surface area contributed by atoms with E-state index in [0.717, 1.165) is 19.3 Å². The van der Waals surface area contributed by atoms with Gasteiger partial charge in [-0.25, -0.2) is 4.39 Å². The van der Waals surface area contributed by atoms with Crippen molar-refractivity contribution >= 4 is 12.4 Å². The van der Waals surface area contributed by atoms with Gasteiger partial charge in [0.2, 0.25) is 0 Å². The van der Waals surface area contributed by atoms with E-state index in [4.69, 9.17) is 5.73 Å². The Bertz CT molecular complexity index is 79.5. The molecule has 1 fully saturated rings. The standard InChI is InChI=1S/C6H12FN.ClH/c7-6-3-1-2-5(6)4-8;/h5-6H,1-4,8H2;1H. The topological polar surface area (TPSA) is 26.0 Å². The van der Waals surface area contributed by atoms with Crippen LogP contribution in [0, 0.1) is 5.92 Å². The highest BCUT2D eigenvalue weighted by atomic mass is 35.5. The first-order chi connectivity index (χ1) is 3.84. The molecule has 0 amide bonds. The lowest BCUT2D eigenvalue weighted by atomic mass is 10.1. The van der Waals surface area contributed by atoms with E-state index >= 15 is 0 Å². The molecule has 2 atom stereocenters. The van der Waals surface area contributed by atoms with Gasteiger partial charge >= 0.3 is 0 Å². The smallest absolute Gasteiger partial charge is 0.104 e. The van der Waals surface area contributed by atoms with Gasteiger partial charge in [-0.3, -0.25) is 0 Å². The average Bonchev–Trinajstić information content (AvgIpc) is 2.14. The van der Waals surface area contributed by atoms with E-state index in [9.17, 15) is 4.39 Å².